The summed E-state index contributed by atoms with van der Waals surface area (Å²) in [5.74, 6) is 0.169. The number of hydrogen-bond donors (Lipinski definition) is 0. The summed E-state index contributed by atoms with van der Waals surface area (Å²) >= 11 is 0. The van der Waals surface area contributed by atoms with Crippen molar-refractivity contribution in [3.05, 3.63) is 156 Å². The van der Waals surface area contributed by atoms with E-state index in [0.29, 0.717) is 0 Å². The van der Waals surface area contributed by atoms with Crippen LogP contribution in [-0.2, 0) is 0 Å². The second kappa shape index (κ2) is 9.08. The summed E-state index contributed by atoms with van der Waals surface area (Å²) in [5.41, 5.74) is 10.2. The largest absolute Gasteiger partial charge is 0.0622 e. The van der Waals surface area contributed by atoms with Crippen LogP contribution in [-0.4, -0.2) is 0 Å². The molecule has 0 unspecified atom stereocenters. The molecule has 0 spiro atoms. The Bertz CT molecular complexity index is 1220. The van der Waals surface area contributed by atoms with Crippen molar-refractivity contribution in [3.8, 4) is 22.3 Å². The summed E-state index contributed by atoms with van der Waals surface area (Å²) in [5, 5.41) is 0. The third-order valence-electron chi connectivity index (χ3n) is 6.06. The molecule has 0 aliphatic heterocycles. The van der Waals surface area contributed by atoms with E-state index in [1.165, 1.54) is 44.5 Å². The highest BCUT2D eigenvalue weighted by atomic mass is 14.2. The molecule has 5 aromatic rings. The van der Waals surface area contributed by atoms with Gasteiger partial charge in [-0.1, -0.05) is 139 Å². The molecular weight excluding hydrogens is 384 g/mol. The molecule has 0 aliphatic carbocycles. The first-order chi connectivity index (χ1) is 15.8. The van der Waals surface area contributed by atoms with Gasteiger partial charge in [-0.05, 0) is 45.9 Å². The zero-order valence-corrected chi connectivity index (χ0v) is 18.3. The average Bonchev–Trinajstić information content (AvgIpc) is 2.87. The van der Waals surface area contributed by atoms with Gasteiger partial charge in [0.2, 0.25) is 0 Å². The van der Waals surface area contributed by atoms with E-state index in [9.17, 15) is 0 Å². The molecule has 32 heavy (non-hydrogen) atoms. The molecule has 0 fully saturated rings. The fourth-order valence-corrected chi connectivity index (χ4v) is 4.39. The van der Waals surface area contributed by atoms with E-state index in [4.69, 9.17) is 0 Å². The van der Waals surface area contributed by atoms with E-state index < -0.39 is 0 Å². The van der Waals surface area contributed by atoms with Crippen molar-refractivity contribution in [1.82, 2.24) is 0 Å². The van der Waals surface area contributed by atoms with Crippen LogP contribution in [0.5, 0.6) is 0 Å². The molecule has 0 radical (unpaired) electrons. The fraction of sp³-hybridized carbons (Fsp3) is 0.0625. The van der Waals surface area contributed by atoms with Gasteiger partial charge in [-0.15, -0.1) is 0 Å². The maximum Gasteiger partial charge on any atom is 0.0340 e. The predicted molar refractivity (Wildman–Crippen MR) is 136 cm³/mol. The van der Waals surface area contributed by atoms with E-state index in [1.54, 1.807) is 0 Å². The van der Waals surface area contributed by atoms with Gasteiger partial charge in [-0.3, -0.25) is 0 Å². The molecule has 0 saturated carbocycles. The molecule has 0 bridgehead atoms. The molecule has 0 aliphatic rings. The summed E-state index contributed by atoms with van der Waals surface area (Å²) in [4.78, 5) is 0. The van der Waals surface area contributed by atoms with Crippen LogP contribution in [0.3, 0.4) is 0 Å². The third-order valence-corrected chi connectivity index (χ3v) is 6.06. The second-order valence-corrected chi connectivity index (χ2v) is 8.33. The Balaban J connectivity index is 1.64. The van der Waals surface area contributed by atoms with Crippen LogP contribution in [0.4, 0.5) is 0 Å². The first-order valence-electron chi connectivity index (χ1n) is 11.2. The van der Waals surface area contributed by atoms with Crippen molar-refractivity contribution >= 4 is 0 Å². The molecule has 5 rings (SSSR count). The quantitative estimate of drug-likeness (QED) is 0.255. The zero-order chi connectivity index (χ0) is 21.8. The van der Waals surface area contributed by atoms with Crippen LogP contribution in [0.2, 0.25) is 0 Å². The Morgan fingerprint density at radius 1 is 0.375 bits per heavy atom. The van der Waals surface area contributed by atoms with Gasteiger partial charge >= 0.3 is 0 Å². The second-order valence-electron chi connectivity index (χ2n) is 8.33. The molecule has 0 saturated heterocycles. The smallest absolute Gasteiger partial charge is 0.0340 e. The Kier molecular flexibility index (Phi) is 5.68. The van der Waals surface area contributed by atoms with Gasteiger partial charge in [0, 0.05) is 5.92 Å². The monoisotopic (exact) mass is 410 g/mol. The molecule has 0 amide bonds. The first kappa shape index (κ1) is 20.0. The lowest BCUT2D eigenvalue weighted by atomic mass is 9.83. The summed E-state index contributed by atoms with van der Waals surface area (Å²) < 4.78 is 0. The minimum Gasteiger partial charge on any atom is -0.0622 e. The normalized spacial score (nSPS) is 10.9. The maximum absolute atomic E-state index is 2.34. The molecule has 154 valence electrons. The Morgan fingerprint density at radius 3 is 1.28 bits per heavy atom. The minimum absolute atomic E-state index is 0.169. The summed E-state index contributed by atoms with van der Waals surface area (Å²) in [6.45, 7) is 2.14. The maximum atomic E-state index is 2.34. The lowest BCUT2D eigenvalue weighted by Crippen LogP contribution is -2.04. The van der Waals surface area contributed by atoms with Crippen molar-refractivity contribution in [2.75, 3.05) is 0 Å². The highest BCUT2D eigenvalue weighted by molar-refractivity contribution is 5.67. The van der Waals surface area contributed by atoms with E-state index in [2.05, 4.69) is 140 Å². The van der Waals surface area contributed by atoms with E-state index in [-0.39, 0.29) is 5.92 Å². The highest BCUT2D eigenvalue weighted by Crippen LogP contribution is 2.36. The Hall–Kier alpha value is -3.90. The first-order valence-corrected chi connectivity index (χ1v) is 11.2. The van der Waals surface area contributed by atoms with E-state index in [1.807, 2.05) is 0 Å². The van der Waals surface area contributed by atoms with Gasteiger partial charge in [0.05, 0.1) is 0 Å². The molecule has 0 aromatic heterocycles. The standard InChI is InChI=1S/C32H26/c1-24-18-20-27(21-19-24)32(30-16-8-14-28(22-30)25-10-4-2-5-11-25)31-17-9-15-29(23-31)26-12-6-3-7-13-26/h2-23,32H,1H3. The Labute approximate surface area is 190 Å². The van der Waals surface area contributed by atoms with Gasteiger partial charge in [-0.25, -0.2) is 0 Å². The topological polar surface area (TPSA) is 0 Å². The van der Waals surface area contributed by atoms with Gasteiger partial charge in [0.15, 0.2) is 0 Å². The summed E-state index contributed by atoms with van der Waals surface area (Å²) in [6.07, 6.45) is 0. The zero-order valence-electron chi connectivity index (χ0n) is 18.3. The highest BCUT2D eigenvalue weighted by Gasteiger charge is 2.18. The van der Waals surface area contributed by atoms with Gasteiger partial charge < -0.3 is 0 Å². The van der Waals surface area contributed by atoms with Gasteiger partial charge in [0.1, 0.15) is 0 Å². The molecule has 0 nitrogen and oxygen atoms in total. The van der Waals surface area contributed by atoms with Gasteiger partial charge in [-0.2, -0.15) is 0 Å². The van der Waals surface area contributed by atoms with E-state index in [0.717, 1.165) is 0 Å². The van der Waals surface area contributed by atoms with Crippen LogP contribution in [0.25, 0.3) is 22.3 Å². The third kappa shape index (κ3) is 4.26. The van der Waals surface area contributed by atoms with Crippen LogP contribution in [0, 0.1) is 6.92 Å². The predicted octanol–water partition coefficient (Wildman–Crippen LogP) is 8.51. The number of aryl methyl sites for hydroxylation is 1. The van der Waals surface area contributed by atoms with E-state index >= 15 is 0 Å². The average molecular weight is 411 g/mol. The lowest BCUT2D eigenvalue weighted by molar-refractivity contribution is 0.977. The van der Waals surface area contributed by atoms with Crippen LogP contribution < -0.4 is 0 Å². The minimum atomic E-state index is 0.169. The van der Waals surface area contributed by atoms with Gasteiger partial charge in [0.25, 0.3) is 0 Å². The van der Waals surface area contributed by atoms with Crippen molar-refractivity contribution in [1.29, 1.82) is 0 Å². The van der Waals surface area contributed by atoms with Crippen molar-refractivity contribution in [3.63, 3.8) is 0 Å². The summed E-state index contributed by atoms with van der Waals surface area (Å²) in [7, 11) is 0. The number of benzene rings is 5. The fourth-order valence-electron chi connectivity index (χ4n) is 4.39. The molecule has 0 heteroatoms. The van der Waals surface area contributed by atoms with Crippen molar-refractivity contribution in [2.24, 2.45) is 0 Å². The molecule has 0 atom stereocenters. The summed E-state index contributed by atoms with van der Waals surface area (Å²) in [6, 6.07) is 48.2. The van der Waals surface area contributed by atoms with Crippen LogP contribution in [0.1, 0.15) is 28.2 Å². The number of rotatable bonds is 5. The molecular formula is C32H26. The van der Waals surface area contributed by atoms with Crippen molar-refractivity contribution < 1.29 is 0 Å². The SMILES string of the molecule is Cc1ccc(C(c2cccc(-c3ccccc3)c2)c2cccc(-c3ccccc3)c2)cc1. The molecule has 0 heterocycles. The molecule has 5 aromatic carbocycles. The van der Waals surface area contributed by atoms with Crippen LogP contribution in [0.15, 0.2) is 133 Å². The number of hydrogen-bond acceptors (Lipinski definition) is 0. The van der Waals surface area contributed by atoms with Crippen molar-refractivity contribution in [2.45, 2.75) is 12.8 Å². The Morgan fingerprint density at radius 2 is 0.812 bits per heavy atom. The lowest BCUT2D eigenvalue weighted by Gasteiger charge is -2.21. The molecule has 0 N–H and O–H groups in total. The van der Waals surface area contributed by atoms with Crippen LogP contribution >= 0.6 is 0 Å².